The van der Waals surface area contributed by atoms with Crippen LogP contribution in [-0.2, 0) is 24.6 Å². The zero-order valence-electron chi connectivity index (χ0n) is 12.7. The lowest BCUT2D eigenvalue weighted by Gasteiger charge is -2.19. The fourth-order valence-electron chi connectivity index (χ4n) is 3.39. The van der Waals surface area contributed by atoms with Gasteiger partial charge in [0.15, 0.2) is 5.82 Å². The molecule has 0 spiro atoms. The largest absolute Gasteiger partial charge is 0.381 e. The maximum Gasteiger partial charge on any atom is 0.263 e. The van der Waals surface area contributed by atoms with Crippen molar-refractivity contribution in [3.8, 4) is 11.5 Å². The summed E-state index contributed by atoms with van der Waals surface area (Å²) < 4.78 is 12.5. The molecule has 2 aliphatic rings. The Hall–Kier alpha value is -1.95. The van der Waals surface area contributed by atoms with Crippen LogP contribution in [0.15, 0.2) is 15.4 Å². The molecule has 0 unspecified atom stereocenters. The first kappa shape index (κ1) is 13.7. The monoisotopic (exact) mass is 301 g/mol. The van der Waals surface area contributed by atoms with E-state index in [1.54, 1.807) is 4.57 Å². The van der Waals surface area contributed by atoms with Gasteiger partial charge >= 0.3 is 0 Å². The van der Waals surface area contributed by atoms with Crippen molar-refractivity contribution in [1.82, 2.24) is 14.7 Å². The Morgan fingerprint density at radius 2 is 2.18 bits per heavy atom. The summed E-state index contributed by atoms with van der Waals surface area (Å²) >= 11 is 0. The third-order valence-electron chi connectivity index (χ3n) is 4.71. The molecule has 1 aliphatic carbocycles. The highest BCUT2D eigenvalue weighted by atomic mass is 16.5. The van der Waals surface area contributed by atoms with Crippen LogP contribution in [-0.4, -0.2) is 27.9 Å². The van der Waals surface area contributed by atoms with Crippen molar-refractivity contribution in [2.75, 3.05) is 13.2 Å². The van der Waals surface area contributed by atoms with Crippen molar-refractivity contribution in [3.63, 3.8) is 0 Å². The average molecular weight is 301 g/mol. The minimum atomic E-state index is -0.0569. The van der Waals surface area contributed by atoms with Gasteiger partial charge in [-0.1, -0.05) is 5.16 Å². The van der Waals surface area contributed by atoms with Gasteiger partial charge in [-0.3, -0.25) is 4.79 Å². The summed E-state index contributed by atoms with van der Waals surface area (Å²) in [6, 6.07) is 1.94. The van der Waals surface area contributed by atoms with Crippen molar-refractivity contribution < 1.29 is 9.26 Å². The molecule has 0 radical (unpaired) electrons. The molecule has 0 saturated carbocycles. The highest BCUT2D eigenvalue weighted by molar-refractivity contribution is 5.54. The summed E-state index contributed by atoms with van der Waals surface area (Å²) in [5.41, 5.74) is 2.83. The first-order chi connectivity index (χ1) is 10.7. The van der Waals surface area contributed by atoms with E-state index in [9.17, 15) is 4.79 Å². The van der Waals surface area contributed by atoms with E-state index in [0.29, 0.717) is 23.9 Å². The Balaban J connectivity index is 1.76. The maximum absolute atomic E-state index is 12.6. The van der Waals surface area contributed by atoms with E-state index < -0.39 is 0 Å². The first-order valence-electron chi connectivity index (χ1n) is 7.87. The second-order valence-corrected chi connectivity index (χ2v) is 6.12. The van der Waals surface area contributed by atoms with Crippen LogP contribution in [0.3, 0.4) is 0 Å². The molecule has 3 heterocycles. The summed E-state index contributed by atoms with van der Waals surface area (Å²) in [4.78, 5) is 17.0. The average Bonchev–Trinajstić information content (AvgIpc) is 3.21. The van der Waals surface area contributed by atoms with Crippen molar-refractivity contribution in [1.29, 1.82) is 0 Å². The number of rotatable bonds is 2. The number of nitrogens with zero attached hydrogens (tertiary/aromatic N) is 3. The van der Waals surface area contributed by atoms with Gasteiger partial charge in [-0.2, -0.15) is 4.98 Å². The second kappa shape index (κ2) is 5.35. The summed E-state index contributed by atoms with van der Waals surface area (Å²) in [6.07, 6.45) is 5.19. The number of hydrogen-bond donors (Lipinski definition) is 0. The number of ether oxygens (including phenoxy) is 1. The van der Waals surface area contributed by atoms with Gasteiger partial charge in [-0.05, 0) is 43.7 Å². The van der Waals surface area contributed by atoms with E-state index in [4.69, 9.17) is 9.26 Å². The minimum Gasteiger partial charge on any atom is -0.381 e. The molecule has 22 heavy (non-hydrogen) atoms. The molecular formula is C16H19N3O3. The van der Waals surface area contributed by atoms with Gasteiger partial charge in [0.1, 0.15) is 5.56 Å². The van der Waals surface area contributed by atoms with E-state index in [1.807, 2.05) is 13.1 Å². The summed E-state index contributed by atoms with van der Waals surface area (Å²) in [5, 5.41) is 4.04. The topological polar surface area (TPSA) is 70.2 Å². The lowest BCUT2D eigenvalue weighted by atomic mass is 9.94. The lowest BCUT2D eigenvalue weighted by Crippen LogP contribution is -2.25. The molecule has 1 fully saturated rings. The van der Waals surface area contributed by atoms with Crippen molar-refractivity contribution in [2.45, 2.75) is 38.0 Å². The van der Waals surface area contributed by atoms with Crippen LogP contribution in [0, 0.1) is 0 Å². The van der Waals surface area contributed by atoms with Crippen LogP contribution in [0.1, 0.15) is 42.3 Å². The minimum absolute atomic E-state index is 0.0569. The predicted octanol–water partition coefficient (Wildman–Crippen LogP) is 1.82. The third kappa shape index (κ3) is 2.18. The molecule has 0 bridgehead atoms. The van der Waals surface area contributed by atoms with Gasteiger partial charge in [0.05, 0.1) is 6.61 Å². The number of fused-ring (bicyclic) bond motifs is 1. The Bertz CT molecular complexity index is 756. The Morgan fingerprint density at radius 3 is 3.00 bits per heavy atom. The molecule has 116 valence electrons. The standard InChI is InChI=1S/C16H19N3O3/c1-19-13-5-3-2-4-10(13)8-12(16(19)20)15-17-14(18-22-15)11-6-7-21-9-11/h8,11H,2-7,9H2,1H3/t11-/m0/s1. The summed E-state index contributed by atoms with van der Waals surface area (Å²) in [6.45, 7) is 1.36. The molecule has 2 aromatic heterocycles. The van der Waals surface area contributed by atoms with Crippen LogP contribution in [0.2, 0.25) is 0 Å². The van der Waals surface area contributed by atoms with Gasteiger partial charge in [0, 0.05) is 25.3 Å². The Labute approximate surface area is 128 Å². The van der Waals surface area contributed by atoms with Gasteiger partial charge < -0.3 is 13.8 Å². The van der Waals surface area contributed by atoms with Gasteiger partial charge in [0.2, 0.25) is 0 Å². The molecule has 1 aliphatic heterocycles. The molecule has 4 rings (SSSR count). The smallest absolute Gasteiger partial charge is 0.263 e. The number of aryl methyl sites for hydroxylation is 1. The van der Waals surface area contributed by atoms with E-state index >= 15 is 0 Å². The Kier molecular flexibility index (Phi) is 3.33. The van der Waals surface area contributed by atoms with Gasteiger partial charge in [-0.15, -0.1) is 0 Å². The lowest BCUT2D eigenvalue weighted by molar-refractivity contribution is 0.192. The molecule has 2 aromatic rings. The fraction of sp³-hybridized carbons (Fsp3) is 0.562. The van der Waals surface area contributed by atoms with Crippen LogP contribution in [0.5, 0.6) is 0 Å². The zero-order valence-corrected chi connectivity index (χ0v) is 12.7. The molecule has 6 heteroatoms. The SMILES string of the molecule is Cn1c2c(cc(-c3nc([C@H]4CCOC4)no3)c1=O)CCCC2. The normalized spacial score (nSPS) is 21.0. The van der Waals surface area contributed by atoms with Crippen LogP contribution >= 0.6 is 0 Å². The summed E-state index contributed by atoms with van der Waals surface area (Å²) in [5.74, 6) is 1.15. The van der Waals surface area contributed by atoms with E-state index in [2.05, 4.69) is 10.1 Å². The van der Waals surface area contributed by atoms with Crippen LogP contribution in [0.25, 0.3) is 11.5 Å². The molecule has 1 atom stereocenters. The van der Waals surface area contributed by atoms with E-state index in [0.717, 1.165) is 38.0 Å². The van der Waals surface area contributed by atoms with Crippen LogP contribution in [0.4, 0.5) is 0 Å². The van der Waals surface area contributed by atoms with Gasteiger partial charge in [0.25, 0.3) is 11.4 Å². The fourth-order valence-corrected chi connectivity index (χ4v) is 3.39. The van der Waals surface area contributed by atoms with Gasteiger partial charge in [-0.25, -0.2) is 0 Å². The van der Waals surface area contributed by atoms with E-state index in [-0.39, 0.29) is 11.5 Å². The van der Waals surface area contributed by atoms with Crippen molar-refractivity contribution in [3.05, 3.63) is 33.5 Å². The molecule has 0 amide bonds. The van der Waals surface area contributed by atoms with Crippen LogP contribution < -0.4 is 5.56 Å². The van der Waals surface area contributed by atoms with E-state index in [1.165, 1.54) is 12.0 Å². The highest BCUT2D eigenvalue weighted by Crippen LogP contribution is 2.27. The Morgan fingerprint density at radius 1 is 1.32 bits per heavy atom. The molecule has 0 N–H and O–H groups in total. The van der Waals surface area contributed by atoms with Crippen molar-refractivity contribution in [2.24, 2.45) is 7.05 Å². The zero-order chi connectivity index (χ0) is 15.1. The highest BCUT2D eigenvalue weighted by Gasteiger charge is 2.25. The molecular weight excluding hydrogens is 282 g/mol. The molecule has 1 saturated heterocycles. The number of pyridine rings is 1. The second-order valence-electron chi connectivity index (χ2n) is 6.12. The quantitative estimate of drug-likeness (QED) is 0.846. The molecule has 0 aromatic carbocycles. The molecule has 6 nitrogen and oxygen atoms in total. The first-order valence-corrected chi connectivity index (χ1v) is 7.87. The maximum atomic E-state index is 12.6. The number of hydrogen-bond acceptors (Lipinski definition) is 5. The van der Waals surface area contributed by atoms with Crippen molar-refractivity contribution >= 4 is 0 Å². The number of aromatic nitrogens is 3. The summed E-state index contributed by atoms with van der Waals surface area (Å²) in [7, 11) is 1.83. The third-order valence-corrected chi connectivity index (χ3v) is 4.71. The predicted molar refractivity (Wildman–Crippen MR) is 79.8 cm³/mol.